The number of hydrogen-bond acceptors (Lipinski definition) is 2. The van der Waals surface area contributed by atoms with Crippen molar-refractivity contribution in [2.75, 3.05) is 13.2 Å². The molecule has 1 saturated heterocycles. The molecule has 0 spiro atoms. The number of alkyl halides is 3. The molecule has 0 bridgehead atoms. The van der Waals surface area contributed by atoms with Gasteiger partial charge in [0.2, 0.25) is 0 Å². The predicted octanol–water partition coefficient (Wildman–Crippen LogP) is 2.58. The van der Waals surface area contributed by atoms with Crippen molar-refractivity contribution in [3.63, 3.8) is 0 Å². The van der Waals surface area contributed by atoms with Crippen LogP contribution < -0.4 is 0 Å². The Labute approximate surface area is 94.6 Å². The molecule has 2 rings (SSSR count). The van der Waals surface area contributed by atoms with Gasteiger partial charge in [-0.2, -0.15) is 13.2 Å². The first-order valence-corrected chi connectivity index (χ1v) is 4.88. The van der Waals surface area contributed by atoms with Crippen LogP contribution in [0.2, 0.25) is 5.02 Å². The topological polar surface area (TPSA) is 29.5 Å². The van der Waals surface area contributed by atoms with E-state index in [1.54, 1.807) is 0 Å². The molecule has 1 fully saturated rings. The molecule has 1 N–H and O–H groups in total. The molecule has 0 radical (unpaired) electrons. The minimum absolute atomic E-state index is 0.0140. The van der Waals surface area contributed by atoms with E-state index in [0.717, 1.165) is 6.07 Å². The zero-order valence-electron chi connectivity index (χ0n) is 8.01. The lowest BCUT2D eigenvalue weighted by molar-refractivity contribution is -0.191. The van der Waals surface area contributed by atoms with Crippen molar-refractivity contribution < 1.29 is 23.0 Å². The van der Waals surface area contributed by atoms with E-state index in [9.17, 15) is 18.3 Å². The molecule has 1 aromatic carbocycles. The van der Waals surface area contributed by atoms with Crippen LogP contribution in [0.1, 0.15) is 11.1 Å². The largest absolute Gasteiger partial charge is 0.416 e. The minimum Gasteiger partial charge on any atom is -0.380 e. The Bertz CT molecular complexity index is 413. The van der Waals surface area contributed by atoms with Crippen molar-refractivity contribution in [3.8, 4) is 0 Å². The highest BCUT2D eigenvalue weighted by molar-refractivity contribution is 6.30. The Morgan fingerprint density at radius 1 is 1.31 bits per heavy atom. The van der Waals surface area contributed by atoms with Gasteiger partial charge in [-0.3, -0.25) is 0 Å². The molecular weight excluding hydrogens is 245 g/mol. The van der Waals surface area contributed by atoms with Crippen LogP contribution in [0.4, 0.5) is 13.2 Å². The zero-order valence-corrected chi connectivity index (χ0v) is 8.77. The zero-order chi connectivity index (χ0) is 12.0. The normalized spacial score (nSPS) is 19.3. The van der Waals surface area contributed by atoms with Gasteiger partial charge in [-0.15, -0.1) is 0 Å². The van der Waals surface area contributed by atoms with Gasteiger partial charge in [-0.05, 0) is 12.1 Å². The second kappa shape index (κ2) is 3.61. The molecule has 16 heavy (non-hydrogen) atoms. The van der Waals surface area contributed by atoms with Gasteiger partial charge >= 0.3 is 6.18 Å². The van der Waals surface area contributed by atoms with Gasteiger partial charge < -0.3 is 9.84 Å². The summed E-state index contributed by atoms with van der Waals surface area (Å²) in [6.45, 7) is -0.255. The van der Waals surface area contributed by atoms with Crippen LogP contribution in [0.15, 0.2) is 18.2 Å². The maximum absolute atomic E-state index is 12.7. The average molecular weight is 253 g/mol. The molecule has 0 unspecified atom stereocenters. The fraction of sp³-hybridized carbons (Fsp3) is 0.400. The SMILES string of the molecule is OC1(c2ccc(Cl)cc2C(F)(F)F)COC1. The summed E-state index contributed by atoms with van der Waals surface area (Å²) in [6.07, 6.45) is -4.54. The number of rotatable bonds is 1. The molecule has 1 heterocycles. The number of benzene rings is 1. The van der Waals surface area contributed by atoms with E-state index in [2.05, 4.69) is 0 Å². The highest BCUT2D eigenvalue weighted by atomic mass is 35.5. The summed E-state index contributed by atoms with van der Waals surface area (Å²) in [7, 11) is 0. The highest BCUT2D eigenvalue weighted by Crippen LogP contribution is 2.40. The van der Waals surface area contributed by atoms with Crippen molar-refractivity contribution in [3.05, 3.63) is 34.3 Å². The molecule has 0 saturated carbocycles. The molecule has 6 heteroatoms. The van der Waals surface area contributed by atoms with Gasteiger partial charge in [0, 0.05) is 10.6 Å². The maximum Gasteiger partial charge on any atom is 0.416 e. The van der Waals surface area contributed by atoms with Crippen LogP contribution in [0.5, 0.6) is 0 Å². The van der Waals surface area contributed by atoms with Crippen LogP contribution in [0.3, 0.4) is 0 Å². The molecular formula is C10H8ClF3O2. The van der Waals surface area contributed by atoms with E-state index in [4.69, 9.17) is 16.3 Å². The molecule has 0 amide bonds. The van der Waals surface area contributed by atoms with Crippen molar-refractivity contribution in [1.29, 1.82) is 0 Å². The summed E-state index contributed by atoms with van der Waals surface area (Å²) in [4.78, 5) is 0. The third kappa shape index (κ3) is 1.90. The van der Waals surface area contributed by atoms with E-state index < -0.39 is 17.3 Å². The third-order valence-corrected chi connectivity index (χ3v) is 2.71. The highest BCUT2D eigenvalue weighted by Gasteiger charge is 2.45. The molecule has 0 aromatic heterocycles. The lowest BCUT2D eigenvalue weighted by Gasteiger charge is -2.38. The third-order valence-electron chi connectivity index (χ3n) is 2.47. The monoisotopic (exact) mass is 252 g/mol. The Kier molecular flexibility index (Phi) is 2.64. The predicted molar refractivity (Wildman–Crippen MR) is 51.2 cm³/mol. The molecule has 0 atom stereocenters. The van der Waals surface area contributed by atoms with Crippen LogP contribution in [-0.2, 0) is 16.5 Å². The Hall–Kier alpha value is -0.780. The van der Waals surface area contributed by atoms with E-state index >= 15 is 0 Å². The molecule has 1 aliphatic rings. The van der Waals surface area contributed by atoms with E-state index in [-0.39, 0.29) is 23.8 Å². The number of ether oxygens (including phenoxy) is 1. The van der Waals surface area contributed by atoms with Gasteiger partial charge in [0.05, 0.1) is 18.8 Å². The van der Waals surface area contributed by atoms with E-state index in [1.165, 1.54) is 12.1 Å². The quantitative estimate of drug-likeness (QED) is 0.832. The lowest BCUT2D eigenvalue weighted by atomic mass is 9.88. The smallest absolute Gasteiger partial charge is 0.380 e. The van der Waals surface area contributed by atoms with Gasteiger partial charge in [-0.25, -0.2) is 0 Å². The van der Waals surface area contributed by atoms with E-state index in [1.807, 2.05) is 0 Å². The summed E-state index contributed by atoms with van der Waals surface area (Å²) in [6, 6.07) is 3.32. The Balaban J connectivity index is 2.52. The Morgan fingerprint density at radius 3 is 2.38 bits per heavy atom. The van der Waals surface area contributed by atoms with Crippen molar-refractivity contribution in [1.82, 2.24) is 0 Å². The van der Waals surface area contributed by atoms with Gasteiger partial charge in [-0.1, -0.05) is 17.7 Å². The van der Waals surface area contributed by atoms with Gasteiger partial charge in [0.25, 0.3) is 0 Å². The maximum atomic E-state index is 12.7. The lowest BCUT2D eigenvalue weighted by Crippen LogP contribution is -2.47. The number of hydrogen-bond donors (Lipinski definition) is 1. The first-order chi connectivity index (χ1) is 7.33. The standard InChI is InChI=1S/C10H8ClF3O2/c11-6-1-2-7(9(15)4-16-5-9)8(3-6)10(12,13)14/h1-3,15H,4-5H2. The second-order valence-electron chi connectivity index (χ2n) is 3.71. The second-order valence-corrected chi connectivity index (χ2v) is 4.15. The van der Waals surface area contributed by atoms with Crippen LogP contribution >= 0.6 is 11.6 Å². The molecule has 2 nitrogen and oxygen atoms in total. The first kappa shape index (κ1) is 11.7. The average Bonchev–Trinajstić information content (AvgIpc) is 2.13. The van der Waals surface area contributed by atoms with Crippen LogP contribution in [0.25, 0.3) is 0 Å². The van der Waals surface area contributed by atoms with Crippen molar-refractivity contribution >= 4 is 11.6 Å². The van der Waals surface area contributed by atoms with Crippen molar-refractivity contribution in [2.45, 2.75) is 11.8 Å². The van der Waals surface area contributed by atoms with Crippen molar-refractivity contribution in [2.24, 2.45) is 0 Å². The van der Waals surface area contributed by atoms with E-state index in [0.29, 0.717) is 0 Å². The number of aliphatic hydroxyl groups is 1. The van der Waals surface area contributed by atoms with Crippen LogP contribution in [-0.4, -0.2) is 18.3 Å². The molecule has 0 aliphatic carbocycles. The summed E-state index contributed by atoms with van der Waals surface area (Å²) in [5.41, 5.74) is -2.64. The fourth-order valence-electron chi connectivity index (χ4n) is 1.61. The summed E-state index contributed by atoms with van der Waals surface area (Å²) in [5, 5.41) is 9.83. The molecule has 88 valence electrons. The van der Waals surface area contributed by atoms with Gasteiger partial charge in [0.15, 0.2) is 0 Å². The first-order valence-electron chi connectivity index (χ1n) is 4.50. The summed E-state index contributed by atoms with van der Waals surface area (Å²) >= 11 is 5.52. The molecule has 1 aliphatic heterocycles. The fourth-order valence-corrected chi connectivity index (χ4v) is 1.78. The number of halogens is 4. The summed E-state index contributed by atoms with van der Waals surface area (Å²) in [5.74, 6) is 0. The summed E-state index contributed by atoms with van der Waals surface area (Å²) < 4.78 is 42.9. The Morgan fingerprint density at radius 2 is 1.94 bits per heavy atom. The van der Waals surface area contributed by atoms with Crippen LogP contribution in [0, 0.1) is 0 Å². The van der Waals surface area contributed by atoms with Gasteiger partial charge in [0.1, 0.15) is 5.60 Å². The molecule has 1 aromatic rings. The minimum atomic E-state index is -4.54.